The molecular weight excluding hydrogens is 226 g/mol. The highest BCUT2D eigenvalue weighted by Gasteiger charge is 2.24. The Morgan fingerprint density at radius 3 is 2.82 bits per heavy atom. The van der Waals surface area contributed by atoms with Gasteiger partial charge in [-0.05, 0) is 6.92 Å². The van der Waals surface area contributed by atoms with E-state index in [-0.39, 0.29) is 17.1 Å². The maximum atomic E-state index is 11.8. The summed E-state index contributed by atoms with van der Waals surface area (Å²) in [6.45, 7) is 1.72. The van der Waals surface area contributed by atoms with E-state index in [9.17, 15) is 9.59 Å². The normalized spacial score (nSPS) is 10.5. The Balaban J connectivity index is 2.67. The summed E-state index contributed by atoms with van der Waals surface area (Å²) in [5.74, 6) is -0.543. The highest BCUT2D eigenvalue weighted by atomic mass is 16.5. The van der Waals surface area contributed by atoms with Crippen LogP contribution in [0.2, 0.25) is 0 Å². The number of hydrogen-bond acceptors (Lipinski definition) is 5. The van der Waals surface area contributed by atoms with Gasteiger partial charge in [0.1, 0.15) is 11.8 Å². The molecule has 7 heteroatoms. The zero-order chi connectivity index (χ0) is 12.6. The maximum Gasteiger partial charge on any atom is 0.357 e. The number of rotatable bonds is 2. The van der Waals surface area contributed by atoms with E-state index in [0.29, 0.717) is 5.69 Å². The van der Waals surface area contributed by atoms with E-state index in [2.05, 4.69) is 14.8 Å². The Morgan fingerprint density at radius 1 is 1.59 bits per heavy atom. The van der Waals surface area contributed by atoms with E-state index in [1.807, 2.05) is 0 Å². The van der Waals surface area contributed by atoms with E-state index in [4.69, 9.17) is 4.42 Å². The van der Waals surface area contributed by atoms with Crippen LogP contribution in [0.3, 0.4) is 0 Å². The van der Waals surface area contributed by atoms with Gasteiger partial charge in [-0.1, -0.05) is 0 Å². The summed E-state index contributed by atoms with van der Waals surface area (Å²) in [4.78, 5) is 27.4. The quantitative estimate of drug-likeness (QED) is 0.766. The smallest absolute Gasteiger partial charge is 0.357 e. The highest BCUT2D eigenvalue weighted by molar-refractivity contribution is 5.93. The Labute approximate surface area is 96.0 Å². The lowest BCUT2D eigenvalue weighted by Gasteiger charge is -1.96. The number of methoxy groups -OCH3 is 1. The summed E-state index contributed by atoms with van der Waals surface area (Å²) in [6.07, 6.45) is 1.41. The number of oxazole rings is 1. The van der Waals surface area contributed by atoms with Crippen molar-refractivity contribution in [3.05, 3.63) is 28.0 Å². The molecule has 0 atom stereocenters. The number of ether oxygens (including phenoxy) is 1. The summed E-state index contributed by atoms with van der Waals surface area (Å²) in [5.41, 5.74) is 0.334. The minimum Gasteiger partial charge on any atom is -0.464 e. The van der Waals surface area contributed by atoms with Crippen molar-refractivity contribution in [3.8, 4) is 11.5 Å². The second kappa shape index (κ2) is 3.93. The van der Waals surface area contributed by atoms with E-state index >= 15 is 0 Å². The van der Waals surface area contributed by atoms with Crippen molar-refractivity contribution in [2.45, 2.75) is 6.92 Å². The first-order chi connectivity index (χ1) is 8.04. The second-order valence-corrected chi connectivity index (χ2v) is 3.51. The lowest BCUT2D eigenvalue weighted by Crippen LogP contribution is -2.13. The van der Waals surface area contributed by atoms with Crippen LogP contribution in [0.4, 0.5) is 0 Å². The number of hydrogen-bond donors (Lipinski definition) is 1. The molecule has 0 aliphatic heterocycles. The molecule has 0 amide bonds. The molecule has 0 spiro atoms. The van der Waals surface area contributed by atoms with Crippen LogP contribution in [0.1, 0.15) is 16.2 Å². The Bertz CT molecular complexity index is 620. The minimum atomic E-state index is -0.645. The number of aromatic amines is 1. The summed E-state index contributed by atoms with van der Waals surface area (Å²) >= 11 is 0. The predicted octanol–water partition coefficient (Wildman–Crippen LogP) is 0.463. The first kappa shape index (κ1) is 11.2. The fourth-order valence-electron chi connectivity index (χ4n) is 1.47. The molecule has 2 rings (SSSR count). The SMILES string of the molecule is COC(=O)c1[nH]n(C)c(=O)c1-c1nc(C)co1. The summed E-state index contributed by atoms with van der Waals surface area (Å²) in [5, 5.41) is 2.60. The van der Waals surface area contributed by atoms with Gasteiger partial charge in [0.2, 0.25) is 5.89 Å². The van der Waals surface area contributed by atoms with Gasteiger partial charge in [-0.3, -0.25) is 14.6 Å². The van der Waals surface area contributed by atoms with Crippen LogP contribution in [0.15, 0.2) is 15.5 Å². The van der Waals surface area contributed by atoms with Crippen LogP contribution in [0, 0.1) is 6.92 Å². The molecule has 7 nitrogen and oxygen atoms in total. The molecule has 0 unspecified atom stereocenters. The summed E-state index contributed by atoms with van der Waals surface area (Å²) in [6, 6.07) is 0. The zero-order valence-electron chi connectivity index (χ0n) is 9.60. The number of esters is 1. The predicted molar refractivity (Wildman–Crippen MR) is 57.6 cm³/mol. The average molecular weight is 237 g/mol. The van der Waals surface area contributed by atoms with Gasteiger partial charge < -0.3 is 9.15 Å². The van der Waals surface area contributed by atoms with Crippen LogP contribution in [-0.2, 0) is 11.8 Å². The van der Waals surface area contributed by atoms with E-state index in [1.165, 1.54) is 25.1 Å². The van der Waals surface area contributed by atoms with Gasteiger partial charge >= 0.3 is 5.97 Å². The maximum absolute atomic E-state index is 11.8. The number of nitrogens with one attached hydrogen (secondary N) is 1. The molecule has 0 radical (unpaired) electrons. The molecule has 0 aliphatic carbocycles. The Hall–Kier alpha value is -2.31. The van der Waals surface area contributed by atoms with Gasteiger partial charge in [0.25, 0.3) is 5.56 Å². The first-order valence-electron chi connectivity index (χ1n) is 4.84. The molecule has 0 bridgehead atoms. The largest absolute Gasteiger partial charge is 0.464 e. The molecule has 0 saturated heterocycles. The fourth-order valence-corrected chi connectivity index (χ4v) is 1.47. The van der Waals surface area contributed by atoms with E-state index < -0.39 is 11.5 Å². The zero-order valence-corrected chi connectivity index (χ0v) is 9.60. The number of nitrogens with zero attached hydrogens (tertiary/aromatic N) is 2. The fraction of sp³-hybridized carbons (Fsp3) is 0.300. The third-order valence-corrected chi connectivity index (χ3v) is 2.27. The third-order valence-electron chi connectivity index (χ3n) is 2.27. The van der Waals surface area contributed by atoms with Gasteiger partial charge in [0.15, 0.2) is 5.69 Å². The molecule has 0 aromatic carbocycles. The van der Waals surface area contributed by atoms with Crippen LogP contribution in [-0.4, -0.2) is 27.8 Å². The van der Waals surface area contributed by atoms with Crippen LogP contribution < -0.4 is 5.56 Å². The molecule has 90 valence electrons. The van der Waals surface area contributed by atoms with Crippen LogP contribution in [0.5, 0.6) is 0 Å². The standard InChI is InChI=1S/C10H11N3O4/c1-5-4-17-8(11-5)6-7(10(15)16-3)12-13(2)9(6)14/h4,12H,1-3H3. The second-order valence-electron chi connectivity index (χ2n) is 3.51. The number of carbonyl (C=O) groups excluding carboxylic acids is 1. The lowest BCUT2D eigenvalue weighted by molar-refractivity contribution is 0.0593. The van der Waals surface area contributed by atoms with Crippen molar-refractivity contribution in [3.63, 3.8) is 0 Å². The van der Waals surface area contributed by atoms with Crippen molar-refractivity contribution < 1.29 is 13.9 Å². The van der Waals surface area contributed by atoms with Gasteiger partial charge in [-0.25, -0.2) is 9.78 Å². The van der Waals surface area contributed by atoms with Crippen molar-refractivity contribution >= 4 is 5.97 Å². The van der Waals surface area contributed by atoms with E-state index in [1.54, 1.807) is 6.92 Å². The van der Waals surface area contributed by atoms with Gasteiger partial charge in [-0.2, -0.15) is 0 Å². The number of aromatic nitrogens is 3. The van der Waals surface area contributed by atoms with E-state index in [0.717, 1.165) is 0 Å². The van der Waals surface area contributed by atoms with Crippen LogP contribution >= 0.6 is 0 Å². The van der Waals surface area contributed by atoms with Gasteiger partial charge in [-0.15, -0.1) is 0 Å². The summed E-state index contributed by atoms with van der Waals surface area (Å²) < 4.78 is 10.9. The van der Waals surface area contributed by atoms with Crippen molar-refractivity contribution in [2.24, 2.45) is 7.05 Å². The van der Waals surface area contributed by atoms with Gasteiger partial charge in [0.05, 0.1) is 12.8 Å². The molecule has 1 N–H and O–H groups in total. The molecule has 17 heavy (non-hydrogen) atoms. The third kappa shape index (κ3) is 1.75. The summed E-state index contributed by atoms with van der Waals surface area (Å²) in [7, 11) is 2.73. The number of H-pyrrole nitrogens is 1. The lowest BCUT2D eigenvalue weighted by atomic mass is 10.2. The van der Waals surface area contributed by atoms with Crippen LogP contribution in [0.25, 0.3) is 11.5 Å². The highest BCUT2D eigenvalue weighted by Crippen LogP contribution is 2.18. The molecule has 0 fully saturated rings. The average Bonchev–Trinajstić information content (AvgIpc) is 2.84. The molecule has 2 aromatic heterocycles. The molecule has 2 aromatic rings. The first-order valence-corrected chi connectivity index (χ1v) is 4.84. The van der Waals surface area contributed by atoms with Crippen molar-refractivity contribution in [2.75, 3.05) is 7.11 Å². The van der Waals surface area contributed by atoms with Crippen molar-refractivity contribution in [1.82, 2.24) is 14.8 Å². The number of carbonyl (C=O) groups is 1. The monoisotopic (exact) mass is 237 g/mol. The Kier molecular flexibility index (Phi) is 2.58. The van der Waals surface area contributed by atoms with Crippen molar-refractivity contribution in [1.29, 1.82) is 0 Å². The molecule has 2 heterocycles. The molecule has 0 saturated carbocycles. The molecule has 0 aliphatic rings. The van der Waals surface area contributed by atoms with Gasteiger partial charge in [0, 0.05) is 7.05 Å². The molecular formula is C10H11N3O4. The Morgan fingerprint density at radius 2 is 2.29 bits per heavy atom. The number of aryl methyl sites for hydroxylation is 2. The minimum absolute atomic E-state index is 0.0295. The topological polar surface area (TPSA) is 90.1 Å².